The smallest absolute Gasteiger partial charge is 0.338 e. The van der Waals surface area contributed by atoms with Crippen LogP contribution in [0.3, 0.4) is 0 Å². The number of rotatable bonds is 7. The third-order valence-electron chi connectivity index (χ3n) is 5.21. The number of benzene rings is 2. The molecule has 2 heterocycles. The molecule has 166 valence electrons. The van der Waals surface area contributed by atoms with Crippen molar-refractivity contribution in [1.29, 1.82) is 0 Å². The fraction of sp³-hybridized carbons (Fsp3) is 0.292. The molecule has 2 aromatic carbocycles. The van der Waals surface area contributed by atoms with Gasteiger partial charge in [-0.1, -0.05) is 53.7 Å². The van der Waals surface area contributed by atoms with Gasteiger partial charge in [0, 0.05) is 11.4 Å². The summed E-state index contributed by atoms with van der Waals surface area (Å²) in [5, 5.41) is 8.62. The zero-order chi connectivity index (χ0) is 22.7. The van der Waals surface area contributed by atoms with Crippen molar-refractivity contribution < 1.29 is 14.3 Å². The molecule has 1 atom stereocenters. The van der Waals surface area contributed by atoms with Crippen LogP contribution >= 0.6 is 11.8 Å². The molecule has 32 heavy (non-hydrogen) atoms. The normalized spacial score (nSPS) is 15.2. The van der Waals surface area contributed by atoms with Crippen LogP contribution in [0.5, 0.6) is 5.75 Å². The predicted octanol–water partition coefficient (Wildman–Crippen LogP) is 4.74. The zero-order valence-electron chi connectivity index (χ0n) is 18.6. The molecule has 0 amide bonds. The number of nitrogens with zero attached hydrogens (tertiary/aromatic N) is 3. The second kappa shape index (κ2) is 9.48. The van der Waals surface area contributed by atoms with E-state index in [1.807, 2.05) is 31.2 Å². The maximum Gasteiger partial charge on any atom is 0.338 e. The Kier molecular flexibility index (Phi) is 6.50. The summed E-state index contributed by atoms with van der Waals surface area (Å²) in [5.41, 5.74) is 4.56. The maximum absolute atomic E-state index is 12.9. The minimum Gasteiger partial charge on any atom is -0.497 e. The van der Waals surface area contributed by atoms with E-state index >= 15 is 0 Å². The van der Waals surface area contributed by atoms with Crippen LogP contribution in [0.4, 0.5) is 5.95 Å². The van der Waals surface area contributed by atoms with Crippen LogP contribution in [0, 0.1) is 6.92 Å². The van der Waals surface area contributed by atoms with E-state index in [0.717, 1.165) is 17.1 Å². The van der Waals surface area contributed by atoms with Crippen LogP contribution in [0.1, 0.15) is 36.6 Å². The Bertz CT molecular complexity index is 1150. The van der Waals surface area contributed by atoms with Crippen LogP contribution in [-0.2, 0) is 15.3 Å². The van der Waals surface area contributed by atoms with Gasteiger partial charge in [-0.25, -0.2) is 9.48 Å². The Balaban J connectivity index is 1.68. The number of fused-ring (bicyclic) bond motifs is 1. The van der Waals surface area contributed by atoms with Crippen LogP contribution < -0.4 is 10.1 Å². The summed E-state index contributed by atoms with van der Waals surface area (Å²) in [5.74, 6) is 1.74. The number of carbonyl (C=O) groups excluding carboxylic acids is 1. The predicted molar refractivity (Wildman–Crippen MR) is 125 cm³/mol. The number of methoxy groups -OCH3 is 1. The maximum atomic E-state index is 12.9. The van der Waals surface area contributed by atoms with Gasteiger partial charge in [-0.05, 0) is 44.0 Å². The van der Waals surface area contributed by atoms with Crippen molar-refractivity contribution >= 4 is 23.7 Å². The van der Waals surface area contributed by atoms with Gasteiger partial charge in [-0.15, -0.1) is 5.10 Å². The molecule has 0 aliphatic carbocycles. The summed E-state index contributed by atoms with van der Waals surface area (Å²) in [7, 11) is 1.63. The van der Waals surface area contributed by atoms with Gasteiger partial charge >= 0.3 is 5.97 Å². The first-order chi connectivity index (χ1) is 15.5. The lowest BCUT2D eigenvalue weighted by atomic mass is 9.96. The molecule has 0 spiro atoms. The molecule has 0 saturated carbocycles. The molecule has 1 unspecified atom stereocenters. The van der Waals surface area contributed by atoms with E-state index in [-0.39, 0.29) is 5.97 Å². The number of ether oxygens (including phenoxy) is 2. The zero-order valence-corrected chi connectivity index (χ0v) is 19.4. The number of allylic oxidation sites excluding steroid dienone is 1. The SMILES string of the molecule is CCOC(=O)C1=C(C)Nc2nc(SCc3cccc(C)c3)nn2C1c1ccc(OC)cc1. The molecule has 1 aromatic heterocycles. The fourth-order valence-corrected chi connectivity index (χ4v) is 4.48. The molecular weight excluding hydrogens is 424 g/mol. The Morgan fingerprint density at radius 3 is 2.66 bits per heavy atom. The summed E-state index contributed by atoms with van der Waals surface area (Å²) in [6, 6.07) is 15.6. The van der Waals surface area contributed by atoms with Gasteiger partial charge in [-0.3, -0.25) is 0 Å². The molecule has 8 heteroatoms. The summed E-state index contributed by atoms with van der Waals surface area (Å²) >= 11 is 1.56. The Hall–Kier alpha value is -3.26. The Labute approximate surface area is 191 Å². The highest BCUT2D eigenvalue weighted by Gasteiger charge is 2.35. The number of anilines is 1. The monoisotopic (exact) mass is 450 g/mol. The lowest BCUT2D eigenvalue weighted by Crippen LogP contribution is -2.29. The van der Waals surface area contributed by atoms with Gasteiger partial charge in [0.25, 0.3) is 0 Å². The van der Waals surface area contributed by atoms with E-state index in [2.05, 4.69) is 41.5 Å². The van der Waals surface area contributed by atoms with Crippen molar-refractivity contribution in [1.82, 2.24) is 14.8 Å². The molecule has 4 rings (SSSR count). The molecule has 0 bridgehead atoms. The molecule has 1 N–H and O–H groups in total. The molecule has 0 fully saturated rings. The quantitative estimate of drug-likeness (QED) is 0.411. The fourth-order valence-electron chi connectivity index (χ4n) is 3.71. The number of carbonyl (C=O) groups is 1. The second-order valence-corrected chi connectivity index (χ2v) is 8.44. The topological polar surface area (TPSA) is 78.3 Å². The van der Waals surface area contributed by atoms with Crippen molar-refractivity contribution in [3.63, 3.8) is 0 Å². The van der Waals surface area contributed by atoms with Crippen LogP contribution in [0.15, 0.2) is 65.0 Å². The molecule has 1 aliphatic rings. The van der Waals surface area contributed by atoms with Gasteiger partial charge in [-0.2, -0.15) is 4.98 Å². The number of thioether (sulfide) groups is 1. The van der Waals surface area contributed by atoms with E-state index in [9.17, 15) is 4.79 Å². The van der Waals surface area contributed by atoms with Crippen molar-refractivity contribution in [3.05, 3.63) is 76.5 Å². The van der Waals surface area contributed by atoms with Gasteiger partial charge in [0.2, 0.25) is 11.1 Å². The van der Waals surface area contributed by atoms with Crippen molar-refractivity contribution in [2.75, 3.05) is 19.0 Å². The third-order valence-corrected chi connectivity index (χ3v) is 6.12. The van der Waals surface area contributed by atoms with Crippen LogP contribution in [0.25, 0.3) is 0 Å². The van der Waals surface area contributed by atoms with E-state index in [1.54, 1.807) is 30.5 Å². The van der Waals surface area contributed by atoms with E-state index in [1.165, 1.54) is 11.1 Å². The largest absolute Gasteiger partial charge is 0.497 e. The average molecular weight is 451 g/mol. The molecule has 1 aliphatic heterocycles. The first kappa shape index (κ1) is 22.0. The molecule has 7 nitrogen and oxygen atoms in total. The van der Waals surface area contributed by atoms with Crippen LogP contribution in [-0.4, -0.2) is 34.5 Å². The van der Waals surface area contributed by atoms with Crippen molar-refractivity contribution in [2.24, 2.45) is 0 Å². The minimum atomic E-state index is -0.447. The van der Waals surface area contributed by atoms with E-state index < -0.39 is 6.04 Å². The van der Waals surface area contributed by atoms with Gasteiger partial charge in [0.15, 0.2) is 0 Å². The highest BCUT2D eigenvalue weighted by molar-refractivity contribution is 7.98. The highest BCUT2D eigenvalue weighted by atomic mass is 32.2. The van der Waals surface area contributed by atoms with Crippen molar-refractivity contribution in [3.8, 4) is 5.75 Å². The number of hydrogen-bond donors (Lipinski definition) is 1. The number of esters is 1. The number of hydrogen-bond acceptors (Lipinski definition) is 7. The molecular formula is C24H26N4O3S. The van der Waals surface area contributed by atoms with Crippen molar-refractivity contribution in [2.45, 2.75) is 37.7 Å². The van der Waals surface area contributed by atoms with Gasteiger partial charge in [0.1, 0.15) is 11.8 Å². The van der Waals surface area contributed by atoms with Gasteiger partial charge in [0.05, 0.1) is 19.3 Å². The van der Waals surface area contributed by atoms with Gasteiger partial charge < -0.3 is 14.8 Å². The lowest BCUT2D eigenvalue weighted by Gasteiger charge is -2.28. The van der Waals surface area contributed by atoms with E-state index in [0.29, 0.717) is 29.0 Å². The lowest BCUT2D eigenvalue weighted by molar-refractivity contribution is -0.139. The Morgan fingerprint density at radius 1 is 1.19 bits per heavy atom. The summed E-state index contributed by atoms with van der Waals surface area (Å²) in [6.07, 6.45) is 0. The van der Waals surface area contributed by atoms with Crippen LogP contribution in [0.2, 0.25) is 0 Å². The third kappa shape index (κ3) is 4.50. The standard InChI is InChI=1S/C24H26N4O3S/c1-5-31-22(29)20-16(3)25-23-26-24(32-14-17-8-6-7-15(2)13-17)27-28(23)21(20)18-9-11-19(30-4)12-10-18/h6-13,21H,5,14H2,1-4H3,(H,25,26,27). The number of aryl methyl sites for hydroxylation is 1. The summed E-state index contributed by atoms with van der Waals surface area (Å²) in [4.78, 5) is 17.5. The summed E-state index contributed by atoms with van der Waals surface area (Å²) < 4.78 is 12.4. The minimum absolute atomic E-state index is 0.298. The number of nitrogens with one attached hydrogen (secondary N) is 1. The average Bonchev–Trinajstić information content (AvgIpc) is 3.19. The van der Waals surface area contributed by atoms with E-state index in [4.69, 9.17) is 14.6 Å². The highest BCUT2D eigenvalue weighted by Crippen LogP contribution is 2.37. The molecule has 0 saturated heterocycles. The molecule has 0 radical (unpaired) electrons. The first-order valence-corrected chi connectivity index (χ1v) is 11.4. The first-order valence-electron chi connectivity index (χ1n) is 10.4. The Morgan fingerprint density at radius 2 is 1.97 bits per heavy atom. The summed E-state index contributed by atoms with van der Waals surface area (Å²) in [6.45, 7) is 6.04. The molecule has 3 aromatic rings. The number of aromatic nitrogens is 3. The second-order valence-electron chi connectivity index (χ2n) is 7.50.